The van der Waals surface area contributed by atoms with Gasteiger partial charge in [0.15, 0.2) is 5.82 Å². The smallest absolute Gasteiger partial charge is 0.328 e. The van der Waals surface area contributed by atoms with Crippen molar-refractivity contribution in [3.05, 3.63) is 59.9 Å². The van der Waals surface area contributed by atoms with E-state index >= 15 is 0 Å². The van der Waals surface area contributed by atoms with Crippen molar-refractivity contribution in [2.24, 2.45) is 0 Å². The van der Waals surface area contributed by atoms with Gasteiger partial charge in [-0.2, -0.15) is 0 Å². The predicted octanol–water partition coefficient (Wildman–Crippen LogP) is 1.97. The number of nitrogens with one attached hydrogen (secondary N) is 1. The van der Waals surface area contributed by atoms with Gasteiger partial charge < -0.3 is 10.4 Å². The summed E-state index contributed by atoms with van der Waals surface area (Å²) in [5, 5.41) is 10.9. The minimum absolute atomic E-state index is 0.00137. The van der Waals surface area contributed by atoms with Gasteiger partial charge in [-0.15, -0.1) is 0 Å². The summed E-state index contributed by atoms with van der Waals surface area (Å²) in [4.78, 5) is 29.8. The van der Waals surface area contributed by atoms with Crippen LogP contribution in [0.1, 0.15) is 15.9 Å². The Bertz CT molecular complexity index is 716. The van der Waals surface area contributed by atoms with Gasteiger partial charge in [0, 0.05) is 24.7 Å². The summed E-state index contributed by atoms with van der Waals surface area (Å²) in [5.41, 5.74) is 0.625. The average molecular weight is 287 g/mol. The molecule has 0 aliphatic carbocycles. The van der Waals surface area contributed by atoms with Crippen LogP contribution in [0.15, 0.2) is 43.0 Å². The lowest BCUT2D eigenvalue weighted by atomic mass is 10.2. The van der Waals surface area contributed by atoms with Crippen LogP contribution < -0.4 is 5.32 Å². The van der Waals surface area contributed by atoms with E-state index in [2.05, 4.69) is 15.3 Å². The van der Waals surface area contributed by atoms with E-state index in [4.69, 9.17) is 5.11 Å². The Morgan fingerprint density at radius 2 is 2.05 bits per heavy atom. The highest BCUT2D eigenvalue weighted by atomic mass is 19.1. The molecule has 106 valence electrons. The Kier molecular flexibility index (Phi) is 4.35. The number of hydrogen-bond acceptors (Lipinski definition) is 4. The number of hydrogen-bond donors (Lipinski definition) is 2. The lowest BCUT2D eigenvalue weighted by Gasteiger charge is -2.06. The number of carboxylic acids is 1. The van der Waals surface area contributed by atoms with Crippen molar-refractivity contribution >= 4 is 23.6 Å². The first-order valence-corrected chi connectivity index (χ1v) is 5.83. The summed E-state index contributed by atoms with van der Waals surface area (Å²) in [6.45, 7) is 0. The van der Waals surface area contributed by atoms with Gasteiger partial charge in [-0.05, 0) is 23.8 Å². The predicted molar refractivity (Wildman–Crippen MR) is 73.1 cm³/mol. The molecule has 7 heteroatoms. The summed E-state index contributed by atoms with van der Waals surface area (Å²) in [5.74, 6) is -2.32. The topological polar surface area (TPSA) is 92.2 Å². The van der Waals surface area contributed by atoms with Gasteiger partial charge in [0.05, 0.1) is 17.4 Å². The van der Waals surface area contributed by atoms with Crippen LogP contribution in [0.5, 0.6) is 0 Å². The van der Waals surface area contributed by atoms with E-state index in [1.807, 2.05) is 0 Å². The Morgan fingerprint density at radius 3 is 2.76 bits per heavy atom. The second kappa shape index (κ2) is 6.38. The van der Waals surface area contributed by atoms with Crippen molar-refractivity contribution in [1.29, 1.82) is 0 Å². The standard InChI is InChI=1S/C14H10FN3O3/c15-11-8-16-4-3-12(11)18-14(21)10-5-9(6-17-7-10)1-2-13(19)20/h1-8H,(H,19,20)(H,16,18,21)/b2-1+. The number of anilines is 1. The normalized spacial score (nSPS) is 10.5. The highest BCUT2D eigenvalue weighted by molar-refractivity contribution is 6.04. The van der Waals surface area contributed by atoms with Crippen LogP contribution in [-0.2, 0) is 4.79 Å². The Labute approximate surface area is 119 Å². The highest BCUT2D eigenvalue weighted by Gasteiger charge is 2.09. The molecule has 2 N–H and O–H groups in total. The number of carbonyl (C=O) groups excluding carboxylic acids is 1. The summed E-state index contributed by atoms with van der Waals surface area (Å²) in [7, 11) is 0. The molecule has 2 rings (SSSR count). The van der Waals surface area contributed by atoms with Crippen molar-refractivity contribution < 1.29 is 19.1 Å². The summed E-state index contributed by atoms with van der Waals surface area (Å²) >= 11 is 0. The monoisotopic (exact) mass is 287 g/mol. The number of aliphatic carboxylic acids is 1. The zero-order valence-electron chi connectivity index (χ0n) is 10.7. The van der Waals surface area contributed by atoms with Crippen molar-refractivity contribution in [3.8, 4) is 0 Å². The minimum Gasteiger partial charge on any atom is -0.478 e. The molecule has 1 amide bonds. The molecule has 6 nitrogen and oxygen atoms in total. The fourth-order valence-corrected chi connectivity index (χ4v) is 1.51. The maximum absolute atomic E-state index is 13.4. The molecule has 0 aliphatic heterocycles. The Balaban J connectivity index is 2.18. The van der Waals surface area contributed by atoms with Crippen LogP contribution >= 0.6 is 0 Å². The van der Waals surface area contributed by atoms with E-state index in [0.717, 1.165) is 12.3 Å². The fraction of sp³-hybridized carbons (Fsp3) is 0. The van der Waals surface area contributed by atoms with E-state index in [1.165, 1.54) is 36.8 Å². The molecule has 0 aliphatic rings. The van der Waals surface area contributed by atoms with Crippen LogP contribution in [0.3, 0.4) is 0 Å². The second-order valence-corrected chi connectivity index (χ2v) is 3.99. The number of carbonyl (C=O) groups is 2. The number of halogens is 1. The number of nitrogens with zero attached hydrogens (tertiary/aromatic N) is 2. The molecule has 0 spiro atoms. The van der Waals surface area contributed by atoms with Gasteiger partial charge in [0.2, 0.25) is 0 Å². The molecular formula is C14H10FN3O3. The zero-order chi connectivity index (χ0) is 15.2. The first-order chi connectivity index (χ1) is 10.1. The molecule has 0 aromatic carbocycles. The van der Waals surface area contributed by atoms with Gasteiger partial charge >= 0.3 is 5.97 Å². The van der Waals surface area contributed by atoms with Crippen LogP contribution in [0.2, 0.25) is 0 Å². The molecule has 2 aromatic heterocycles. The molecule has 0 fully saturated rings. The summed E-state index contributed by atoms with van der Waals surface area (Å²) in [6, 6.07) is 2.77. The fourth-order valence-electron chi connectivity index (χ4n) is 1.51. The number of pyridine rings is 2. The van der Waals surface area contributed by atoms with E-state index < -0.39 is 17.7 Å². The molecule has 2 aromatic rings. The summed E-state index contributed by atoms with van der Waals surface area (Å²) < 4.78 is 13.4. The van der Waals surface area contributed by atoms with E-state index in [9.17, 15) is 14.0 Å². The third-order valence-electron chi connectivity index (χ3n) is 2.46. The van der Waals surface area contributed by atoms with Gasteiger partial charge in [-0.25, -0.2) is 9.18 Å². The number of aromatic nitrogens is 2. The van der Waals surface area contributed by atoms with Crippen molar-refractivity contribution in [2.45, 2.75) is 0 Å². The quantitative estimate of drug-likeness (QED) is 0.839. The summed E-state index contributed by atoms with van der Waals surface area (Å²) in [6.07, 6.45) is 7.28. The van der Waals surface area contributed by atoms with Crippen LogP contribution in [0, 0.1) is 5.82 Å². The Hall–Kier alpha value is -3.09. The van der Waals surface area contributed by atoms with E-state index in [1.54, 1.807) is 0 Å². The van der Waals surface area contributed by atoms with E-state index in [0.29, 0.717) is 5.56 Å². The first-order valence-electron chi connectivity index (χ1n) is 5.83. The third kappa shape index (κ3) is 3.93. The largest absolute Gasteiger partial charge is 0.478 e. The lowest BCUT2D eigenvalue weighted by molar-refractivity contribution is -0.131. The minimum atomic E-state index is -1.11. The third-order valence-corrected chi connectivity index (χ3v) is 2.46. The average Bonchev–Trinajstić information content (AvgIpc) is 2.48. The Morgan fingerprint density at radius 1 is 1.24 bits per heavy atom. The molecule has 0 atom stereocenters. The molecule has 0 bridgehead atoms. The molecule has 0 unspecified atom stereocenters. The van der Waals surface area contributed by atoms with Gasteiger partial charge in [0.25, 0.3) is 5.91 Å². The van der Waals surface area contributed by atoms with Crippen molar-refractivity contribution in [2.75, 3.05) is 5.32 Å². The second-order valence-electron chi connectivity index (χ2n) is 3.99. The number of carboxylic acid groups (broad SMARTS) is 1. The number of amides is 1. The van der Waals surface area contributed by atoms with E-state index in [-0.39, 0.29) is 11.3 Å². The van der Waals surface area contributed by atoms with Gasteiger partial charge in [0.1, 0.15) is 0 Å². The van der Waals surface area contributed by atoms with Gasteiger partial charge in [-0.1, -0.05) is 0 Å². The molecule has 0 saturated carbocycles. The molecule has 2 heterocycles. The number of rotatable bonds is 4. The van der Waals surface area contributed by atoms with Crippen LogP contribution in [0.4, 0.5) is 10.1 Å². The molecule has 0 radical (unpaired) electrons. The zero-order valence-corrected chi connectivity index (χ0v) is 10.7. The molecule has 21 heavy (non-hydrogen) atoms. The van der Waals surface area contributed by atoms with Crippen molar-refractivity contribution in [1.82, 2.24) is 9.97 Å². The van der Waals surface area contributed by atoms with Gasteiger partial charge in [-0.3, -0.25) is 14.8 Å². The maximum Gasteiger partial charge on any atom is 0.328 e. The van der Waals surface area contributed by atoms with Crippen LogP contribution in [-0.4, -0.2) is 27.0 Å². The van der Waals surface area contributed by atoms with Crippen LogP contribution in [0.25, 0.3) is 6.08 Å². The lowest BCUT2D eigenvalue weighted by Crippen LogP contribution is -2.13. The first kappa shape index (κ1) is 14.3. The molecular weight excluding hydrogens is 277 g/mol. The highest BCUT2D eigenvalue weighted by Crippen LogP contribution is 2.13. The molecule has 0 saturated heterocycles. The van der Waals surface area contributed by atoms with Crippen molar-refractivity contribution in [3.63, 3.8) is 0 Å². The SMILES string of the molecule is O=C(O)/C=C/c1cncc(C(=O)Nc2ccncc2F)c1. The maximum atomic E-state index is 13.4.